The molecule has 0 bridgehead atoms. The second-order valence-corrected chi connectivity index (χ2v) is 5.15. The topological polar surface area (TPSA) is 49.8 Å². The SMILES string of the molecule is CN(CC(C)(C)O)C(=O)OC(C)(C)C. The van der Waals surface area contributed by atoms with E-state index in [1.807, 2.05) is 20.8 Å². The third kappa shape index (κ3) is 6.71. The van der Waals surface area contributed by atoms with Gasteiger partial charge in [-0.3, -0.25) is 0 Å². The number of likely N-dealkylation sites (N-methyl/N-ethyl adjacent to an activating group) is 1. The minimum Gasteiger partial charge on any atom is -0.444 e. The molecular formula is C10H21NO3. The van der Waals surface area contributed by atoms with Crippen molar-refractivity contribution in [2.24, 2.45) is 0 Å². The van der Waals surface area contributed by atoms with Crippen molar-refractivity contribution < 1.29 is 14.6 Å². The summed E-state index contributed by atoms with van der Waals surface area (Å²) in [5.74, 6) is 0. The zero-order valence-corrected chi connectivity index (χ0v) is 9.92. The van der Waals surface area contributed by atoms with Crippen LogP contribution in [0.1, 0.15) is 34.6 Å². The van der Waals surface area contributed by atoms with Crippen molar-refractivity contribution in [1.29, 1.82) is 0 Å². The monoisotopic (exact) mass is 203 g/mol. The first-order chi connectivity index (χ1) is 6.01. The Kier molecular flexibility index (Phi) is 3.94. The highest BCUT2D eigenvalue weighted by Gasteiger charge is 2.23. The molecule has 0 saturated carbocycles. The van der Waals surface area contributed by atoms with Gasteiger partial charge in [0, 0.05) is 7.05 Å². The van der Waals surface area contributed by atoms with Crippen molar-refractivity contribution in [2.45, 2.75) is 45.8 Å². The van der Waals surface area contributed by atoms with Crippen molar-refractivity contribution in [3.05, 3.63) is 0 Å². The van der Waals surface area contributed by atoms with Gasteiger partial charge in [-0.2, -0.15) is 0 Å². The molecule has 0 spiro atoms. The molecule has 0 aliphatic heterocycles. The Hall–Kier alpha value is -0.770. The average molecular weight is 203 g/mol. The molecule has 0 rings (SSSR count). The Morgan fingerprint density at radius 3 is 2.00 bits per heavy atom. The first-order valence-electron chi connectivity index (χ1n) is 4.68. The van der Waals surface area contributed by atoms with E-state index in [2.05, 4.69) is 0 Å². The predicted molar refractivity (Wildman–Crippen MR) is 55.2 cm³/mol. The Labute approximate surface area is 85.9 Å². The second-order valence-electron chi connectivity index (χ2n) is 5.15. The lowest BCUT2D eigenvalue weighted by Gasteiger charge is -2.28. The average Bonchev–Trinajstić information content (AvgIpc) is 1.78. The van der Waals surface area contributed by atoms with Gasteiger partial charge in [0.05, 0.1) is 12.1 Å². The van der Waals surface area contributed by atoms with Crippen molar-refractivity contribution in [3.8, 4) is 0 Å². The Bertz CT molecular complexity index is 200. The largest absolute Gasteiger partial charge is 0.444 e. The minimum absolute atomic E-state index is 0.252. The molecule has 4 heteroatoms. The number of ether oxygens (including phenoxy) is 1. The van der Waals surface area contributed by atoms with E-state index >= 15 is 0 Å². The van der Waals surface area contributed by atoms with Gasteiger partial charge in [0.25, 0.3) is 0 Å². The number of hydrogen-bond donors (Lipinski definition) is 1. The molecule has 0 heterocycles. The third-order valence-electron chi connectivity index (χ3n) is 1.33. The summed E-state index contributed by atoms with van der Waals surface area (Å²) in [7, 11) is 1.60. The number of nitrogens with zero attached hydrogens (tertiary/aromatic N) is 1. The highest BCUT2D eigenvalue weighted by atomic mass is 16.6. The summed E-state index contributed by atoms with van der Waals surface area (Å²) >= 11 is 0. The molecule has 14 heavy (non-hydrogen) atoms. The highest BCUT2D eigenvalue weighted by molar-refractivity contribution is 5.67. The lowest BCUT2D eigenvalue weighted by Crippen LogP contribution is -2.42. The molecular weight excluding hydrogens is 182 g/mol. The summed E-state index contributed by atoms with van der Waals surface area (Å²) in [5.41, 5.74) is -1.39. The lowest BCUT2D eigenvalue weighted by molar-refractivity contribution is 0.00363. The maximum Gasteiger partial charge on any atom is 0.410 e. The Morgan fingerprint density at radius 2 is 1.71 bits per heavy atom. The van der Waals surface area contributed by atoms with Crippen LogP contribution in [0.25, 0.3) is 0 Å². The van der Waals surface area contributed by atoms with Crippen molar-refractivity contribution in [3.63, 3.8) is 0 Å². The Morgan fingerprint density at radius 1 is 1.29 bits per heavy atom. The molecule has 84 valence electrons. The molecule has 0 aliphatic rings. The molecule has 4 nitrogen and oxygen atoms in total. The zero-order chi connectivity index (χ0) is 11.6. The molecule has 0 aromatic heterocycles. The summed E-state index contributed by atoms with van der Waals surface area (Å²) in [6.07, 6.45) is -0.417. The number of carbonyl (C=O) groups excluding carboxylic acids is 1. The van der Waals surface area contributed by atoms with E-state index < -0.39 is 17.3 Å². The summed E-state index contributed by atoms with van der Waals surface area (Å²) in [6, 6.07) is 0. The van der Waals surface area contributed by atoms with Crippen LogP contribution in [0.5, 0.6) is 0 Å². The van der Waals surface area contributed by atoms with Crippen LogP contribution in [0.3, 0.4) is 0 Å². The van der Waals surface area contributed by atoms with Crippen LogP contribution in [-0.4, -0.2) is 40.9 Å². The van der Waals surface area contributed by atoms with E-state index in [9.17, 15) is 9.90 Å². The standard InChI is InChI=1S/C10H21NO3/c1-9(2,3)14-8(12)11(6)7-10(4,5)13/h13H,7H2,1-6H3. The number of aliphatic hydroxyl groups is 1. The van der Waals surface area contributed by atoms with Gasteiger partial charge in [0.2, 0.25) is 0 Å². The maximum atomic E-state index is 11.4. The van der Waals surface area contributed by atoms with Gasteiger partial charge in [-0.25, -0.2) is 4.79 Å². The molecule has 0 radical (unpaired) electrons. The van der Waals surface area contributed by atoms with Crippen LogP contribution in [-0.2, 0) is 4.74 Å². The van der Waals surface area contributed by atoms with Crippen molar-refractivity contribution >= 4 is 6.09 Å². The molecule has 0 aromatic carbocycles. The van der Waals surface area contributed by atoms with Gasteiger partial charge in [-0.15, -0.1) is 0 Å². The molecule has 1 amide bonds. The summed E-state index contributed by atoms with van der Waals surface area (Å²) in [4.78, 5) is 12.8. The van der Waals surface area contributed by atoms with E-state index in [0.717, 1.165) is 0 Å². The molecule has 0 atom stereocenters. The van der Waals surface area contributed by atoms with E-state index in [1.54, 1.807) is 20.9 Å². The maximum absolute atomic E-state index is 11.4. The first kappa shape index (κ1) is 13.2. The number of hydrogen-bond acceptors (Lipinski definition) is 3. The molecule has 0 saturated heterocycles. The van der Waals surface area contributed by atoms with E-state index in [0.29, 0.717) is 0 Å². The van der Waals surface area contributed by atoms with Gasteiger partial charge >= 0.3 is 6.09 Å². The fourth-order valence-electron chi connectivity index (χ4n) is 0.985. The van der Waals surface area contributed by atoms with Crippen LogP contribution in [0.15, 0.2) is 0 Å². The van der Waals surface area contributed by atoms with Crippen LogP contribution in [0.4, 0.5) is 4.79 Å². The number of carbonyl (C=O) groups is 1. The van der Waals surface area contributed by atoms with E-state index in [-0.39, 0.29) is 6.54 Å². The summed E-state index contributed by atoms with van der Waals surface area (Å²) in [6.45, 7) is 8.97. The van der Waals surface area contributed by atoms with Gasteiger partial charge in [-0.1, -0.05) is 0 Å². The van der Waals surface area contributed by atoms with Gasteiger partial charge in [0.15, 0.2) is 0 Å². The van der Waals surface area contributed by atoms with Gasteiger partial charge < -0.3 is 14.7 Å². The number of amides is 1. The van der Waals surface area contributed by atoms with Crippen LogP contribution < -0.4 is 0 Å². The normalized spacial score (nSPS) is 12.5. The van der Waals surface area contributed by atoms with E-state index in [1.165, 1.54) is 4.90 Å². The molecule has 1 N–H and O–H groups in total. The fourth-order valence-corrected chi connectivity index (χ4v) is 0.985. The van der Waals surface area contributed by atoms with Crippen LogP contribution in [0, 0.1) is 0 Å². The zero-order valence-electron chi connectivity index (χ0n) is 9.92. The number of rotatable bonds is 2. The van der Waals surface area contributed by atoms with Gasteiger partial charge in [-0.05, 0) is 34.6 Å². The van der Waals surface area contributed by atoms with Crippen LogP contribution >= 0.6 is 0 Å². The first-order valence-corrected chi connectivity index (χ1v) is 4.68. The highest BCUT2D eigenvalue weighted by Crippen LogP contribution is 2.11. The van der Waals surface area contributed by atoms with Gasteiger partial charge in [0.1, 0.15) is 5.60 Å². The smallest absolute Gasteiger partial charge is 0.410 e. The molecule has 0 fully saturated rings. The summed E-state index contributed by atoms with van der Waals surface area (Å²) in [5, 5.41) is 9.49. The predicted octanol–water partition coefficient (Wildman–Crippen LogP) is 1.62. The summed E-state index contributed by atoms with van der Waals surface area (Å²) < 4.78 is 5.12. The van der Waals surface area contributed by atoms with Crippen molar-refractivity contribution in [2.75, 3.05) is 13.6 Å². The Balaban J connectivity index is 4.15. The second kappa shape index (κ2) is 4.17. The fraction of sp³-hybridized carbons (Fsp3) is 0.900. The quantitative estimate of drug-likeness (QED) is 0.742. The molecule has 0 aliphatic carbocycles. The molecule has 0 unspecified atom stereocenters. The minimum atomic E-state index is -0.897. The van der Waals surface area contributed by atoms with Crippen LogP contribution in [0.2, 0.25) is 0 Å². The van der Waals surface area contributed by atoms with E-state index in [4.69, 9.17) is 4.74 Å². The third-order valence-corrected chi connectivity index (χ3v) is 1.33. The lowest BCUT2D eigenvalue weighted by atomic mass is 10.1. The van der Waals surface area contributed by atoms with Crippen molar-refractivity contribution in [1.82, 2.24) is 4.90 Å². The molecule has 0 aromatic rings.